The molecule has 1 fully saturated rings. The molecule has 0 N–H and O–H groups in total. The number of carbonyl (C=O) groups is 1. The van der Waals surface area contributed by atoms with Gasteiger partial charge in [-0.3, -0.25) is 9.69 Å². The van der Waals surface area contributed by atoms with Crippen LogP contribution in [0.15, 0.2) is 80.5 Å². The lowest BCUT2D eigenvalue weighted by Crippen LogP contribution is -2.29. The van der Waals surface area contributed by atoms with Crippen molar-refractivity contribution in [3.63, 3.8) is 0 Å². The van der Waals surface area contributed by atoms with Crippen molar-refractivity contribution >= 4 is 57.3 Å². The standard InChI is InChI=1S/C30H32N4O2S2/c1-7-33(8-2)22-13-15-24(20(4)17-22)31-30-34(21-11-9-19(3)10-12-21)28(35)27(38-30)29-32(5)25-18-23(36-6)14-16-26(25)37-29/h9-18H,7-8H2,1-6H3/b29-27-,31-30?. The first-order chi connectivity index (χ1) is 18.3. The number of nitrogens with zero attached hydrogens (tertiary/aromatic N) is 4. The Balaban J connectivity index is 1.58. The lowest BCUT2D eigenvalue weighted by atomic mass is 10.1. The summed E-state index contributed by atoms with van der Waals surface area (Å²) >= 11 is 3.04. The lowest BCUT2D eigenvalue weighted by Gasteiger charge is -2.22. The maximum atomic E-state index is 14.0. The highest BCUT2D eigenvalue weighted by atomic mass is 32.2. The summed E-state index contributed by atoms with van der Waals surface area (Å²) in [4.78, 5) is 26.9. The minimum Gasteiger partial charge on any atom is -0.497 e. The SMILES string of the molecule is CCN(CC)c1ccc(N=C2S/C(=C3\Sc4ccc(OC)cc4N3C)C(=O)N2c2ccc(C)cc2)c(C)c1. The van der Waals surface area contributed by atoms with E-state index in [2.05, 4.69) is 48.8 Å². The molecule has 3 aromatic rings. The number of rotatable bonds is 6. The predicted molar refractivity (Wildman–Crippen MR) is 162 cm³/mol. The van der Waals surface area contributed by atoms with E-state index in [0.29, 0.717) is 10.1 Å². The van der Waals surface area contributed by atoms with Gasteiger partial charge in [0.05, 0.1) is 29.2 Å². The van der Waals surface area contributed by atoms with Crippen molar-refractivity contribution in [1.82, 2.24) is 0 Å². The maximum absolute atomic E-state index is 14.0. The van der Waals surface area contributed by atoms with Crippen LogP contribution in [0.25, 0.3) is 0 Å². The van der Waals surface area contributed by atoms with Gasteiger partial charge in [-0.1, -0.05) is 29.5 Å². The Labute approximate surface area is 233 Å². The van der Waals surface area contributed by atoms with Gasteiger partial charge >= 0.3 is 0 Å². The number of carbonyl (C=O) groups excluding carboxylic acids is 1. The molecule has 0 spiro atoms. The van der Waals surface area contributed by atoms with Crippen LogP contribution in [0.5, 0.6) is 5.75 Å². The number of ether oxygens (including phenoxy) is 1. The van der Waals surface area contributed by atoms with Crippen LogP contribution in [0, 0.1) is 13.8 Å². The van der Waals surface area contributed by atoms with Crippen LogP contribution in [0.4, 0.5) is 22.7 Å². The van der Waals surface area contributed by atoms with E-state index in [0.717, 1.165) is 57.0 Å². The summed E-state index contributed by atoms with van der Waals surface area (Å²) < 4.78 is 5.43. The van der Waals surface area contributed by atoms with E-state index >= 15 is 0 Å². The Hall–Kier alpha value is -3.36. The van der Waals surface area contributed by atoms with Crippen LogP contribution >= 0.6 is 23.5 Å². The molecule has 0 bridgehead atoms. The summed E-state index contributed by atoms with van der Waals surface area (Å²) in [6.45, 7) is 10.3. The summed E-state index contributed by atoms with van der Waals surface area (Å²) in [5.74, 6) is 0.726. The van der Waals surface area contributed by atoms with Gasteiger partial charge in [0.1, 0.15) is 10.7 Å². The fourth-order valence-corrected chi connectivity index (χ4v) is 6.92. The monoisotopic (exact) mass is 544 g/mol. The van der Waals surface area contributed by atoms with Crippen LogP contribution in [-0.2, 0) is 4.79 Å². The smallest absolute Gasteiger partial charge is 0.274 e. The highest BCUT2D eigenvalue weighted by Gasteiger charge is 2.40. The molecule has 0 atom stereocenters. The number of hydrogen-bond donors (Lipinski definition) is 0. The highest BCUT2D eigenvalue weighted by molar-refractivity contribution is 8.20. The molecule has 2 aliphatic rings. The maximum Gasteiger partial charge on any atom is 0.274 e. The largest absolute Gasteiger partial charge is 0.497 e. The summed E-state index contributed by atoms with van der Waals surface area (Å²) in [5, 5.41) is 1.56. The topological polar surface area (TPSA) is 48.4 Å². The number of aryl methyl sites for hydroxylation is 2. The number of amidine groups is 1. The Morgan fingerprint density at radius 2 is 1.68 bits per heavy atom. The number of thioether (sulfide) groups is 2. The number of hydrogen-bond acceptors (Lipinski definition) is 7. The van der Waals surface area contributed by atoms with E-state index in [1.165, 1.54) is 17.4 Å². The van der Waals surface area contributed by atoms with Crippen molar-refractivity contribution in [3.05, 3.63) is 81.7 Å². The van der Waals surface area contributed by atoms with Gasteiger partial charge in [0.2, 0.25) is 0 Å². The predicted octanol–water partition coefficient (Wildman–Crippen LogP) is 7.34. The first-order valence-electron chi connectivity index (χ1n) is 12.7. The second-order valence-corrected chi connectivity index (χ2v) is 11.3. The van der Waals surface area contributed by atoms with E-state index in [4.69, 9.17) is 9.73 Å². The lowest BCUT2D eigenvalue weighted by molar-refractivity contribution is -0.113. The van der Waals surface area contributed by atoms with Crippen molar-refractivity contribution in [2.24, 2.45) is 4.99 Å². The van der Waals surface area contributed by atoms with Crippen LogP contribution in [0.3, 0.4) is 0 Å². The van der Waals surface area contributed by atoms with Crippen molar-refractivity contribution in [2.75, 3.05) is 41.9 Å². The molecular weight excluding hydrogens is 512 g/mol. The third-order valence-corrected chi connectivity index (χ3v) is 9.23. The number of methoxy groups -OCH3 is 1. The zero-order chi connectivity index (χ0) is 27.0. The van der Waals surface area contributed by atoms with E-state index in [1.807, 2.05) is 56.4 Å². The highest BCUT2D eigenvalue weighted by Crippen LogP contribution is 2.51. The quantitative estimate of drug-likeness (QED) is 0.303. The van der Waals surface area contributed by atoms with E-state index in [-0.39, 0.29) is 5.91 Å². The molecular formula is C30H32N4O2S2. The molecule has 1 saturated heterocycles. The molecule has 0 unspecified atom stereocenters. The molecule has 196 valence electrons. The Morgan fingerprint density at radius 1 is 0.947 bits per heavy atom. The van der Waals surface area contributed by atoms with Crippen LogP contribution in [-0.4, -0.2) is 38.3 Å². The second-order valence-electron chi connectivity index (χ2n) is 9.24. The van der Waals surface area contributed by atoms with Gasteiger partial charge in [0.25, 0.3) is 5.91 Å². The third-order valence-electron chi connectivity index (χ3n) is 6.83. The summed E-state index contributed by atoms with van der Waals surface area (Å²) in [6.07, 6.45) is 0. The van der Waals surface area contributed by atoms with Gasteiger partial charge in [0.15, 0.2) is 5.17 Å². The number of aliphatic imine (C=N–C) groups is 1. The van der Waals surface area contributed by atoms with Crippen LogP contribution in [0.2, 0.25) is 0 Å². The summed E-state index contributed by atoms with van der Waals surface area (Å²) in [7, 11) is 3.66. The van der Waals surface area contributed by atoms with Gasteiger partial charge < -0.3 is 14.5 Å². The van der Waals surface area contributed by atoms with Crippen molar-refractivity contribution in [1.29, 1.82) is 0 Å². The molecule has 6 nitrogen and oxygen atoms in total. The fourth-order valence-electron chi connectivity index (χ4n) is 4.61. The summed E-state index contributed by atoms with van der Waals surface area (Å²) in [5.41, 5.74) is 6.10. The first kappa shape index (κ1) is 26.3. The Bertz CT molecular complexity index is 1450. The van der Waals surface area contributed by atoms with Gasteiger partial charge in [-0.15, -0.1) is 0 Å². The molecule has 0 aliphatic carbocycles. The van der Waals surface area contributed by atoms with Crippen molar-refractivity contribution in [3.8, 4) is 5.75 Å². The van der Waals surface area contributed by atoms with Gasteiger partial charge in [-0.25, -0.2) is 4.99 Å². The zero-order valence-corrected chi connectivity index (χ0v) is 24.2. The number of benzene rings is 3. The van der Waals surface area contributed by atoms with Gasteiger partial charge in [-0.2, -0.15) is 0 Å². The van der Waals surface area contributed by atoms with Crippen molar-refractivity contribution < 1.29 is 9.53 Å². The first-order valence-corrected chi connectivity index (χ1v) is 14.3. The minimum atomic E-state index is -0.0656. The average molecular weight is 545 g/mol. The number of anilines is 3. The minimum absolute atomic E-state index is 0.0656. The summed E-state index contributed by atoms with van der Waals surface area (Å²) in [6, 6.07) is 20.4. The number of fused-ring (bicyclic) bond motifs is 1. The fraction of sp³-hybridized carbons (Fsp3) is 0.267. The Morgan fingerprint density at radius 3 is 2.34 bits per heavy atom. The Kier molecular flexibility index (Phi) is 7.45. The molecule has 38 heavy (non-hydrogen) atoms. The molecule has 2 aliphatic heterocycles. The molecule has 0 radical (unpaired) electrons. The molecule has 3 aromatic carbocycles. The molecule has 5 rings (SSSR count). The molecule has 1 amide bonds. The average Bonchev–Trinajstić information content (AvgIpc) is 3.42. The molecule has 2 heterocycles. The van der Waals surface area contributed by atoms with E-state index in [9.17, 15) is 4.79 Å². The van der Waals surface area contributed by atoms with Crippen LogP contribution in [0.1, 0.15) is 25.0 Å². The third kappa shape index (κ3) is 4.78. The number of amides is 1. The van der Waals surface area contributed by atoms with E-state index < -0.39 is 0 Å². The normalized spacial score (nSPS) is 17.9. The second kappa shape index (κ2) is 10.8. The van der Waals surface area contributed by atoms with Gasteiger partial charge in [0, 0.05) is 36.8 Å². The molecule has 0 aromatic heterocycles. The molecule has 0 saturated carbocycles. The van der Waals surface area contributed by atoms with E-state index in [1.54, 1.807) is 23.8 Å². The van der Waals surface area contributed by atoms with Crippen LogP contribution < -0.4 is 19.4 Å². The molecule has 8 heteroatoms. The van der Waals surface area contributed by atoms with Crippen molar-refractivity contribution in [2.45, 2.75) is 32.6 Å². The zero-order valence-electron chi connectivity index (χ0n) is 22.6. The van der Waals surface area contributed by atoms with Gasteiger partial charge in [-0.05, 0) is 87.5 Å².